The predicted octanol–water partition coefficient (Wildman–Crippen LogP) is 2.58. The number of carbonyl (C=O) groups is 2. The lowest BCUT2D eigenvalue weighted by atomic mass is 9.99. The van der Waals surface area contributed by atoms with Gasteiger partial charge in [-0.05, 0) is 33.6 Å². The Kier molecular flexibility index (Phi) is 4.65. The molecule has 1 aromatic rings. The van der Waals surface area contributed by atoms with Crippen LogP contribution in [0.4, 0.5) is 4.79 Å². The third-order valence-electron chi connectivity index (χ3n) is 3.30. The molecule has 1 saturated carbocycles. The van der Waals surface area contributed by atoms with Gasteiger partial charge in [0.25, 0.3) is 0 Å². The van der Waals surface area contributed by atoms with Crippen LogP contribution in [0.1, 0.15) is 49.7 Å². The fraction of sp³-hybridized carbons (Fsp3) is 0.643. The molecule has 1 aliphatic rings. The first-order chi connectivity index (χ1) is 10.3. The Morgan fingerprint density at radius 3 is 2.68 bits per heavy atom. The summed E-state index contributed by atoms with van der Waals surface area (Å²) in [7, 11) is 0. The Morgan fingerprint density at radius 1 is 1.45 bits per heavy atom. The van der Waals surface area contributed by atoms with Crippen molar-refractivity contribution < 1.29 is 23.6 Å². The van der Waals surface area contributed by atoms with Crippen LogP contribution >= 0.6 is 11.6 Å². The summed E-state index contributed by atoms with van der Waals surface area (Å²) in [5.74, 6) is -0.588. The topological polar surface area (TPSA) is 90.7 Å². The molecular formula is C14H19ClN2O5. The quantitative estimate of drug-likeness (QED) is 0.659. The minimum Gasteiger partial charge on any atom is -0.446 e. The highest BCUT2D eigenvalue weighted by Gasteiger charge is 2.49. The Hall–Kier alpha value is -1.76. The zero-order valence-electron chi connectivity index (χ0n) is 12.8. The second kappa shape index (κ2) is 6.16. The van der Waals surface area contributed by atoms with E-state index in [1.807, 2.05) is 0 Å². The van der Waals surface area contributed by atoms with Crippen LogP contribution in [0.3, 0.4) is 0 Å². The van der Waals surface area contributed by atoms with Crippen LogP contribution in [0.5, 0.6) is 0 Å². The molecule has 7 nitrogen and oxygen atoms in total. The van der Waals surface area contributed by atoms with Crippen LogP contribution < -0.4 is 5.32 Å². The number of hydrogen-bond acceptors (Lipinski definition) is 6. The number of halogens is 1. The van der Waals surface area contributed by atoms with E-state index in [-0.39, 0.29) is 11.6 Å². The van der Waals surface area contributed by atoms with Gasteiger partial charge in [-0.15, -0.1) is 0 Å². The molecule has 0 spiro atoms. The molecule has 0 saturated heterocycles. The molecule has 0 aliphatic heterocycles. The average Bonchev–Trinajstić information content (AvgIpc) is 3.02. The maximum atomic E-state index is 11.8. The third kappa shape index (κ3) is 3.91. The summed E-state index contributed by atoms with van der Waals surface area (Å²) in [6.07, 6.45) is 2.30. The van der Waals surface area contributed by atoms with Crippen LogP contribution in [0.15, 0.2) is 10.8 Å². The average molecular weight is 331 g/mol. The summed E-state index contributed by atoms with van der Waals surface area (Å²) >= 11 is 5.39. The second-order valence-electron chi connectivity index (χ2n) is 6.25. The standard InChI is InChI=1S/C14H19ClN2O5/c1-13(2,3)22-12(19)16-7-14(4-5-14)10-9(6-21-17-10)11(18)20-8-15/h6H,4-5,7-8H2,1-3H3,(H,16,19). The van der Waals surface area contributed by atoms with Crippen molar-refractivity contribution in [1.29, 1.82) is 0 Å². The number of alkyl carbamates (subject to hydrolysis) is 1. The lowest BCUT2D eigenvalue weighted by Crippen LogP contribution is -2.37. The molecule has 1 aromatic heterocycles. The summed E-state index contributed by atoms with van der Waals surface area (Å²) in [5, 5.41) is 6.60. The van der Waals surface area contributed by atoms with E-state index in [1.165, 1.54) is 6.26 Å². The third-order valence-corrected chi connectivity index (χ3v) is 3.41. The molecule has 8 heteroatoms. The first kappa shape index (κ1) is 16.6. The van der Waals surface area contributed by atoms with Crippen molar-refractivity contribution in [3.63, 3.8) is 0 Å². The van der Waals surface area contributed by atoms with Crippen LogP contribution in [0, 0.1) is 0 Å². The van der Waals surface area contributed by atoms with Crippen LogP contribution in [-0.2, 0) is 14.9 Å². The summed E-state index contributed by atoms with van der Waals surface area (Å²) in [6, 6.07) is -0.243. The molecule has 1 fully saturated rings. The SMILES string of the molecule is CC(C)(C)OC(=O)NCC1(c2nocc2C(=O)OCCl)CC1. The van der Waals surface area contributed by atoms with Gasteiger partial charge in [0.2, 0.25) is 0 Å². The molecule has 22 heavy (non-hydrogen) atoms. The Morgan fingerprint density at radius 2 is 2.14 bits per heavy atom. The van der Waals surface area contributed by atoms with Crippen molar-refractivity contribution in [2.24, 2.45) is 0 Å². The van der Waals surface area contributed by atoms with Gasteiger partial charge in [-0.2, -0.15) is 0 Å². The highest BCUT2D eigenvalue weighted by Crippen LogP contribution is 2.48. The number of carbonyl (C=O) groups excluding carboxylic acids is 2. The summed E-state index contributed by atoms with van der Waals surface area (Å²) < 4.78 is 14.8. The number of aromatic nitrogens is 1. The first-order valence-electron chi connectivity index (χ1n) is 6.92. The number of esters is 1. The van der Waals surface area contributed by atoms with E-state index in [0.29, 0.717) is 12.2 Å². The Balaban J connectivity index is 2.02. The molecule has 0 bridgehead atoms. The van der Waals surface area contributed by atoms with Crippen molar-refractivity contribution in [3.8, 4) is 0 Å². The molecule has 1 aliphatic carbocycles. The molecule has 0 aromatic carbocycles. The van der Waals surface area contributed by atoms with Gasteiger partial charge < -0.3 is 19.3 Å². The van der Waals surface area contributed by atoms with Crippen molar-refractivity contribution >= 4 is 23.7 Å². The monoisotopic (exact) mass is 330 g/mol. The lowest BCUT2D eigenvalue weighted by Gasteiger charge is -2.21. The van der Waals surface area contributed by atoms with E-state index < -0.39 is 23.1 Å². The van der Waals surface area contributed by atoms with Crippen molar-refractivity contribution in [2.45, 2.75) is 44.6 Å². The minimum absolute atomic E-state index is 0.240. The number of alkyl halides is 1. The largest absolute Gasteiger partial charge is 0.446 e. The maximum Gasteiger partial charge on any atom is 0.407 e. The zero-order valence-corrected chi connectivity index (χ0v) is 13.5. The zero-order chi connectivity index (χ0) is 16.4. The highest BCUT2D eigenvalue weighted by molar-refractivity contribution is 6.17. The number of nitrogens with one attached hydrogen (secondary N) is 1. The van der Waals surface area contributed by atoms with E-state index in [9.17, 15) is 9.59 Å². The summed E-state index contributed by atoms with van der Waals surface area (Å²) in [5.41, 5.74) is -0.253. The van der Waals surface area contributed by atoms with Gasteiger partial charge in [0.05, 0.1) is 0 Å². The molecular weight excluding hydrogens is 312 g/mol. The van der Waals surface area contributed by atoms with Crippen molar-refractivity contribution in [2.75, 3.05) is 12.6 Å². The van der Waals surface area contributed by atoms with Crippen LogP contribution in [0.25, 0.3) is 0 Å². The van der Waals surface area contributed by atoms with Gasteiger partial charge in [0.1, 0.15) is 23.1 Å². The number of nitrogens with zero attached hydrogens (tertiary/aromatic N) is 1. The number of amides is 1. The van der Waals surface area contributed by atoms with Gasteiger partial charge in [-0.1, -0.05) is 16.8 Å². The maximum absolute atomic E-state index is 11.8. The van der Waals surface area contributed by atoms with Crippen molar-refractivity contribution in [3.05, 3.63) is 17.5 Å². The Labute approximate surface area is 133 Å². The molecule has 0 atom stereocenters. The summed E-state index contributed by atoms with van der Waals surface area (Å²) in [6.45, 7) is 5.68. The smallest absolute Gasteiger partial charge is 0.407 e. The normalized spacial score (nSPS) is 16.0. The fourth-order valence-electron chi connectivity index (χ4n) is 2.10. The van der Waals surface area contributed by atoms with E-state index in [0.717, 1.165) is 12.8 Å². The van der Waals surface area contributed by atoms with E-state index >= 15 is 0 Å². The van der Waals surface area contributed by atoms with Crippen LogP contribution in [-0.4, -0.2) is 35.4 Å². The molecule has 0 unspecified atom stereocenters. The highest BCUT2D eigenvalue weighted by atomic mass is 35.5. The summed E-state index contributed by atoms with van der Waals surface area (Å²) in [4.78, 5) is 23.5. The van der Waals surface area contributed by atoms with Gasteiger partial charge in [-0.3, -0.25) is 0 Å². The van der Waals surface area contributed by atoms with E-state index in [2.05, 4.69) is 10.5 Å². The lowest BCUT2D eigenvalue weighted by molar-refractivity contribution is 0.0522. The predicted molar refractivity (Wildman–Crippen MR) is 77.8 cm³/mol. The minimum atomic E-state index is -0.588. The number of rotatable bonds is 5. The van der Waals surface area contributed by atoms with Crippen molar-refractivity contribution in [1.82, 2.24) is 10.5 Å². The van der Waals surface area contributed by atoms with Gasteiger partial charge in [0.15, 0.2) is 6.07 Å². The molecule has 1 heterocycles. The molecule has 0 radical (unpaired) electrons. The molecule has 1 amide bonds. The van der Waals surface area contributed by atoms with Crippen LogP contribution in [0.2, 0.25) is 0 Å². The molecule has 2 rings (SSSR count). The fourth-order valence-corrected chi connectivity index (χ4v) is 2.19. The molecule has 1 N–H and O–H groups in total. The number of hydrogen-bond donors (Lipinski definition) is 1. The van der Waals surface area contributed by atoms with Gasteiger partial charge in [0, 0.05) is 12.0 Å². The van der Waals surface area contributed by atoms with E-state index in [4.69, 9.17) is 25.6 Å². The molecule has 122 valence electrons. The van der Waals surface area contributed by atoms with E-state index in [1.54, 1.807) is 20.8 Å². The first-order valence-corrected chi connectivity index (χ1v) is 7.46. The van der Waals surface area contributed by atoms with Gasteiger partial charge >= 0.3 is 12.1 Å². The number of ether oxygens (including phenoxy) is 2. The van der Waals surface area contributed by atoms with Gasteiger partial charge in [-0.25, -0.2) is 9.59 Å². The second-order valence-corrected chi connectivity index (χ2v) is 6.47. The Bertz CT molecular complexity index is 560.